The first-order chi connectivity index (χ1) is 16.3. The highest BCUT2D eigenvalue weighted by Gasteiger charge is 2.37. The molecule has 3 aliphatic rings. The van der Waals surface area contributed by atoms with E-state index < -0.39 is 9.84 Å². The SMILES string of the molecule is O=C(c1ccc2c(c1)C(=O)N(CCc1ccccc1)C2=O)N1CCN(C2CCS(=O)(=O)C2)CC1. The van der Waals surface area contributed by atoms with Gasteiger partial charge in [0.1, 0.15) is 0 Å². The highest BCUT2D eigenvalue weighted by Crippen LogP contribution is 2.26. The molecular formula is C25H27N3O5S. The molecule has 9 heteroatoms. The number of fused-ring (bicyclic) bond motifs is 1. The van der Waals surface area contributed by atoms with Crippen LogP contribution in [-0.4, -0.2) is 91.1 Å². The average Bonchev–Trinajstić information content (AvgIpc) is 3.34. The van der Waals surface area contributed by atoms with Crippen LogP contribution in [-0.2, 0) is 16.3 Å². The number of carbonyl (C=O) groups excluding carboxylic acids is 3. The van der Waals surface area contributed by atoms with E-state index in [4.69, 9.17) is 0 Å². The van der Waals surface area contributed by atoms with E-state index in [1.165, 1.54) is 11.0 Å². The van der Waals surface area contributed by atoms with Gasteiger partial charge in [0, 0.05) is 44.3 Å². The molecule has 178 valence electrons. The predicted molar refractivity (Wildman–Crippen MR) is 126 cm³/mol. The van der Waals surface area contributed by atoms with Crippen LogP contribution >= 0.6 is 0 Å². The lowest BCUT2D eigenvalue weighted by Crippen LogP contribution is -2.52. The zero-order valence-corrected chi connectivity index (χ0v) is 19.7. The van der Waals surface area contributed by atoms with Crippen molar-refractivity contribution in [3.63, 3.8) is 0 Å². The standard InChI is InChI=1S/C25H27N3O5S/c29-23(27-13-11-26(12-14-27)20-9-15-34(32,33)17-20)19-6-7-21-22(16-19)25(31)28(24(21)30)10-8-18-4-2-1-3-5-18/h1-7,16,20H,8-15,17H2. The molecule has 2 aromatic carbocycles. The van der Waals surface area contributed by atoms with Crippen LogP contribution in [0.15, 0.2) is 48.5 Å². The van der Waals surface area contributed by atoms with Gasteiger partial charge >= 0.3 is 0 Å². The third kappa shape index (κ3) is 4.37. The molecule has 1 unspecified atom stereocenters. The number of rotatable bonds is 5. The molecule has 34 heavy (non-hydrogen) atoms. The van der Waals surface area contributed by atoms with E-state index in [0.29, 0.717) is 56.7 Å². The second-order valence-electron chi connectivity index (χ2n) is 9.14. The molecular weight excluding hydrogens is 454 g/mol. The van der Waals surface area contributed by atoms with Crippen LogP contribution in [0, 0.1) is 0 Å². The minimum Gasteiger partial charge on any atom is -0.336 e. The Labute approximate surface area is 199 Å². The van der Waals surface area contributed by atoms with Crippen molar-refractivity contribution in [3.05, 3.63) is 70.8 Å². The molecule has 1 atom stereocenters. The molecule has 3 heterocycles. The van der Waals surface area contributed by atoms with E-state index in [2.05, 4.69) is 4.90 Å². The number of hydrogen-bond acceptors (Lipinski definition) is 6. The van der Waals surface area contributed by atoms with E-state index in [9.17, 15) is 22.8 Å². The van der Waals surface area contributed by atoms with Gasteiger partial charge in [-0.2, -0.15) is 0 Å². The third-order valence-corrected chi connectivity index (χ3v) is 8.76. The van der Waals surface area contributed by atoms with Crippen LogP contribution < -0.4 is 0 Å². The van der Waals surface area contributed by atoms with E-state index in [0.717, 1.165) is 5.56 Å². The molecule has 0 saturated carbocycles. The van der Waals surface area contributed by atoms with Crippen molar-refractivity contribution in [2.75, 3.05) is 44.2 Å². The largest absolute Gasteiger partial charge is 0.336 e. The summed E-state index contributed by atoms with van der Waals surface area (Å²) < 4.78 is 23.5. The van der Waals surface area contributed by atoms with Gasteiger partial charge in [0.2, 0.25) is 0 Å². The second kappa shape index (κ2) is 8.96. The van der Waals surface area contributed by atoms with Gasteiger partial charge in [-0.25, -0.2) is 8.42 Å². The third-order valence-electron chi connectivity index (χ3n) is 7.01. The lowest BCUT2D eigenvalue weighted by molar-refractivity contribution is 0.0587. The maximum absolute atomic E-state index is 13.1. The molecule has 3 aliphatic heterocycles. The minimum atomic E-state index is -2.94. The molecule has 0 bridgehead atoms. The Bertz CT molecular complexity index is 1240. The molecule has 8 nitrogen and oxygen atoms in total. The van der Waals surface area contributed by atoms with Gasteiger partial charge in [-0.05, 0) is 36.6 Å². The number of imide groups is 1. The van der Waals surface area contributed by atoms with Gasteiger partial charge in [-0.15, -0.1) is 0 Å². The van der Waals surface area contributed by atoms with Crippen LogP contribution in [0.25, 0.3) is 0 Å². The van der Waals surface area contributed by atoms with Crippen molar-refractivity contribution in [2.24, 2.45) is 0 Å². The number of benzene rings is 2. The van der Waals surface area contributed by atoms with Gasteiger partial charge in [0.05, 0.1) is 22.6 Å². The van der Waals surface area contributed by atoms with Crippen molar-refractivity contribution in [1.82, 2.24) is 14.7 Å². The Morgan fingerprint density at radius 3 is 2.29 bits per heavy atom. The zero-order chi connectivity index (χ0) is 23.9. The van der Waals surface area contributed by atoms with Crippen LogP contribution in [0.5, 0.6) is 0 Å². The van der Waals surface area contributed by atoms with Crippen LogP contribution in [0.2, 0.25) is 0 Å². The van der Waals surface area contributed by atoms with Crippen molar-refractivity contribution < 1.29 is 22.8 Å². The summed E-state index contributed by atoms with van der Waals surface area (Å²) in [4.78, 5) is 44.0. The first kappa shape index (κ1) is 22.7. The molecule has 0 aromatic heterocycles. The molecule has 2 saturated heterocycles. The fraction of sp³-hybridized carbons (Fsp3) is 0.400. The van der Waals surface area contributed by atoms with E-state index in [1.54, 1.807) is 17.0 Å². The van der Waals surface area contributed by atoms with E-state index in [-0.39, 0.29) is 40.8 Å². The number of nitrogens with zero attached hydrogens (tertiary/aromatic N) is 3. The van der Waals surface area contributed by atoms with E-state index >= 15 is 0 Å². The Hall–Kier alpha value is -3.04. The normalized spacial score (nSPS) is 22.3. The number of carbonyl (C=O) groups is 3. The minimum absolute atomic E-state index is 0.0350. The van der Waals surface area contributed by atoms with E-state index in [1.807, 2.05) is 30.3 Å². The van der Waals surface area contributed by atoms with Gasteiger partial charge in [-0.3, -0.25) is 24.2 Å². The maximum atomic E-state index is 13.1. The molecule has 2 fully saturated rings. The molecule has 0 N–H and O–H groups in total. The van der Waals surface area contributed by atoms with Gasteiger partial charge in [0.25, 0.3) is 17.7 Å². The average molecular weight is 482 g/mol. The summed E-state index contributed by atoms with van der Waals surface area (Å²) in [5, 5.41) is 0. The predicted octanol–water partition coefficient (Wildman–Crippen LogP) is 1.47. The van der Waals surface area contributed by atoms with Crippen molar-refractivity contribution in [2.45, 2.75) is 18.9 Å². The fourth-order valence-electron chi connectivity index (χ4n) is 5.05. The first-order valence-corrected chi connectivity index (χ1v) is 13.4. The number of hydrogen-bond donors (Lipinski definition) is 0. The summed E-state index contributed by atoms with van der Waals surface area (Å²) in [5.74, 6) is -0.429. The molecule has 0 spiro atoms. The highest BCUT2D eigenvalue weighted by molar-refractivity contribution is 7.91. The van der Waals surface area contributed by atoms with Crippen molar-refractivity contribution >= 4 is 27.6 Å². The molecule has 0 aliphatic carbocycles. The maximum Gasteiger partial charge on any atom is 0.261 e. The Kier molecular flexibility index (Phi) is 5.99. The quantitative estimate of drug-likeness (QED) is 0.601. The highest BCUT2D eigenvalue weighted by atomic mass is 32.2. The number of sulfone groups is 1. The topological polar surface area (TPSA) is 95.1 Å². The van der Waals surface area contributed by atoms with Crippen molar-refractivity contribution in [3.8, 4) is 0 Å². The zero-order valence-electron chi connectivity index (χ0n) is 18.9. The Morgan fingerprint density at radius 2 is 1.62 bits per heavy atom. The summed E-state index contributed by atoms with van der Waals surface area (Å²) in [5.41, 5.74) is 2.05. The van der Waals surface area contributed by atoms with Crippen LogP contribution in [0.3, 0.4) is 0 Å². The Balaban J connectivity index is 1.23. The molecule has 3 amide bonds. The smallest absolute Gasteiger partial charge is 0.261 e. The summed E-state index contributed by atoms with van der Waals surface area (Å²) >= 11 is 0. The first-order valence-electron chi connectivity index (χ1n) is 11.6. The van der Waals surface area contributed by atoms with Gasteiger partial charge < -0.3 is 4.90 Å². The Morgan fingerprint density at radius 1 is 0.912 bits per heavy atom. The molecule has 5 rings (SSSR count). The number of amides is 3. The van der Waals surface area contributed by atoms with Crippen LogP contribution in [0.1, 0.15) is 43.1 Å². The number of piperazine rings is 1. The lowest BCUT2D eigenvalue weighted by atomic mass is 10.0. The summed E-state index contributed by atoms with van der Waals surface area (Å²) in [7, 11) is -2.94. The van der Waals surface area contributed by atoms with Gasteiger partial charge in [0.15, 0.2) is 9.84 Å². The van der Waals surface area contributed by atoms with Crippen molar-refractivity contribution in [1.29, 1.82) is 0 Å². The molecule has 2 aromatic rings. The van der Waals surface area contributed by atoms with Crippen LogP contribution in [0.4, 0.5) is 0 Å². The second-order valence-corrected chi connectivity index (χ2v) is 11.4. The summed E-state index contributed by atoms with van der Waals surface area (Å²) in [6.07, 6.45) is 1.22. The fourth-order valence-corrected chi connectivity index (χ4v) is 6.81. The van der Waals surface area contributed by atoms with Gasteiger partial charge in [-0.1, -0.05) is 30.3 Å². The summed E-state index contributed by atoms with van der Waals surface area (Å²) in [6.45, 7) is 2.55. The summed E-state index contributed by atoms with van der Waals surface area (Å²) in [6, 6.07) is 14.4. The lowest BCUT2D eigenvalue weighted by Gasteiger charge is -2.37. The molecule has 0 radical (unpaired) electrons. The monoisotopic (exact) mass is 481 g/mol.